The first-order chi connectivity index (χ1) is 9.50. The van der Waals surface area contributed by atoms with Crippen LogP contribution < -0.4 is 10.6 Å². The van der Waals surface area contributed by atoms with Gasteiger partial charge < -0.3 is 10.6 Å². The van der Waals surface area contributed by atoms with E-state index < -0.39 is 11.8 Å². The van der Waals surface area contributed by atoms with Gasteiger partial charge in [0.2, 0.25) is 0 Å². The number of benzene rings is 1. The second-order valence-electron chi connectivity index (χ2n) is 5.04. The first kappa shape index (κ1) is 16.1. The van der Waals surface area contributed by atoms with Crippen molar-refractivity contribution in [2.24, 2.45) is 5.92 Å². The molecule has 110 valence electrons. The first-order valence-corrected chi connectivity index (χ1v) is 6.80. The summed E-state index contributed by atoms with van der Waals surface area (Å²) in [5.41, 5.74) is 0.521. The molecule has 0 aliphatic heterocycles. The molecule has 0 heterocycles. The number of hydrogen-bond donors (Lipinski definition) is 2. The van der Waals surface area contributed by atoms with Crippen LogP contribution in [0.25, 0.3) is 0 Å². The summed E-state index contributed by atoms with van der Waals surface area (Å²) in [6, 6.07) is 6.37. The van der Waals surface area contributed by atoms with Gasteiger partial charge in [0.15, 0.2) is 0 Å². The minimum atomic E-state index is -0.676. The second-order valence-corrected chi connectivity index (χ2v) is 5.04. The average molecular weight is 280 g/mol. The summed E-state index contributed by atoms with van der Waals surface area (Å²) in [6.45, 7) is 4.80. The number of carbonyl (C=O) groups excluding carboxylic acids is 2. The van der Waals surface area contributed by atoms with Crippen molar-refractivity contribution in [1.82, 2.24) is 10.6 Å². The quantitative estimate of drug-likeness (QED) is 0.778. The zero-order chi connectivity index (χ0) is 15.0. The van der Waals surface area contributed by atoms with Crippen LogP contribution in [0.3, 0.4) is 0 Å². The van der Waals surface area contributed by atoms with Crippen molar-refractivity contribution in [3.8, 4) is 0 Å². The summed E-state index contributed by atoms with van der Waals surface area (Å²) in [7, 11) is 0. The fraction of sp³-hybridized carbons (Fsp3) is 0.467. The van der Waals surface area contributed by atoms with Crippen LogP contribution in [0.5, 0.6) is 0 Å². The topological polar surface area (TPSA) is 58.2 Å². The Labute approximate surface area is 118 Å². The molecular formula is C15H21FN2O2. The third-order valence-corrected chi connectivity index (χ3v) is 2.85. The number of rotatable bonds is 6. The van der Waals surface area contributed by atoms with Crippen LogP contribution in [0.15, 0.2) is 24.3 Å². The summed E-state index contributed by atoms with van der Waals surface area (Å²) in [6.07, 6.45) is 1.19. The van der Waals surface area contributed by atoms with Crippen molar-refractivity contribution in [3.63, 3.8) is 0 Å². The van der Waals surface area contributed by atoms with Gasteiger partial charge in [0, 0.05) is 13.1 Å². The molecule has 0 saturated carbocycles. The highest BCUT2D eigenvalue weighted by Crippen LogP contribution is 2.06. The van der Waals surface area contributed by atoms with Crippen molar-refractivity contribution in [1.29, 1.82) is 0 Å². The number of halogens is 1. The molecule has 1 aromatic rings. The van der Waals surface area contributed by atoms with Gasteiger partial charge in [-0.1, -0.05) is 32.0 Å². The van der Waals surface area contributed by atoms with E-state index in [0.717, 1.165) is 6.42 Å². The molecule has 0 spiro atoms. The summed E-state index contributed by atoms with van der Waals surface area (Å²) in [5, 5.41) is 5.03. The van der Waals surface area contributed by atoms with Crippen molar-refractivity contribution >= 4 is 11.8 Å². The third-order valence-electron chi connectivity index (χ3n) is 2.85. The van der Waals surface area contributed by atoms with Crippen molar-refractivity contribution < 1.29 is 14.0 Å². The molecule has 4 nitrogen and oxygen atoms in total. The second kappa shape index (κ2) is 8.30. The molecule has 0 saturated heterocycles. The molecular weight excluding hydrogens is 259 g/mol. The maximum absolute atomic E-state index is 13.3. The third kappa shape index (κ3) is 5.82. The maximum atomic E-state index is 13.3. The Kier molecular flexibility index (Phi) is 6.70. The molecule has 0 fully saturated rings. The molecule has 2 amide bonds. The largest absolute Gasteiger partial charge is 0.348 e. The van der Waals surface area contributed by atoms with Gasteiger partial charge in [-0.25, -0.2) is 4.39 Å². The minimum absolute atomic E-state index is 0.233. The number of carbonyl (C=O) groups is 2. The van der Waals surface area contributed by atoms with Crippen molar-refractivity contribution in [3.05, 3.63) is 35.6 Å². The molecule has 0 atom stereocenters. The molecule has 1 aromatic carbocycles. The van der Waals surface area contributed by atoms with Gasteiger partial charge in [-0.15, -0.1) is 0 Å². The highest BCUT2D eigenvalue weighted by Gasteiger charge is 2.12. The summed E-state index contributed by atoms with van der Waals surface area (Å²) >= 11 is 0. The Morgan fingerprint density at radius 3 is 2.30 bits per heavy atom. The molecule has 1 rings (SSSR count). The normalized spacial score (nSPS) is 10.4. The smallest absolute Gasteiger partial charge is 0.309 e. The molecule has 0 radical (unpaired) electrons. The van der Waals surface area contributed by atoms with E-state index in [2.05, 4.69) is 10.6 Å². The molecule has 5 heteroatoms. The van der Waals surface area contributed by atoms with Crippen LogP contribution in [0, 0.1) is 11.7 Å². The lowest BCUT2D eigenvalue weighted by atomic mass is 10.1. The van der Waals surface area contributed by atoms with Gasteiger partial charge in [0.1, 0.15) is 5.82 Å². The average Bonchev–Trinajstić information content (AvgIpc) is 2.40. The van der Waals surface area contributed by atoms with Gasteiger partial charge in [-0.3, -0.25) is 9.59 Å². The van der Waals surface area contributed by atoms with Crippen molar-refractivity contribution in [2.45, 2.75) is 26.7 Å². The Bertz CT molecular complexity index is 461. The SMILES string of the molecule is CC(C)CCNC(=O)C(=O)NCCc1ccccc1F. The number of amides is 2. The van der Waals surface area contributed by atoms with Crippen LogP contribution in [-0.4, -0.2) is 24.9 Å². The Balaban J connectivity index is 2.26. The Hall–Kier alpha value is -1.91. The molecule has 0 aliphatic carbocycles. The fourth-order valence-electron chi connectivity index (χ4n) is 1.65. The molecule has 0 aliphatic rings. The number of hydrogen-bond acceptors (Lipinski definition) is 2. The highest BCUT2D eigenvalue weighted by molar-refractivity contribution is 6.35. The lowest BCUT2D eigenvalue weighted by molar-refractivity contribution is -0.139. The van der Waals surface area contributed by atoms with Crippen molar-refractivity contribution in [2.75, 3.05) is 13.1 Å². The van der Waals surface area contributed by atoms with E-state index in [0.29, 0.717) is 24.4 Å². The predicted octanol–water partition coefficient (Wildman–Crippen LogP) is 1.65. The van der Waals surface area contributed by atoms with Gasteiger partial charge in [0.25, 0.3) is 0 Å². The summed E-state index contributed by atoms with van der Waals surface area (Å²) in [4.78, 5) is 22.9. The van der Waals surface area contributed by atoms with E-state index in [-0.39, 0.29) is 12.4 Å². The van der Waals surface area contributed by atoms with E-state index >= 15 is 0 Å². The molecule has 20 heavy (non-hydrogen) atoms. The van der Waals surface area contributed by atoms with Gasteiger partial charge in [0.05, 0.1) is 0 Å². The zero-order valence-electron chi connectivity index (χ0n) is 11.9. The van der Waals surface area contributed by atoms with Crippen LogP contribution >= 0.6 is 0 Å². The van der Waals surface area contributed by atoms with Gasteiger partial charge >= 0.3 is 11.8 Å². The maximum Gasteiger partial charge on any atom is 0.309 e. The van der Waals surface area contributed by atoms with E-state index in [1.165, 1.54) is 6.07 Å². The summed E-state index contributed by atoms with van der Waals surface area (Å²) < 4.78 is 13.3. The van der Waals surface area contributed by atoms with E-state index in [1.54, 1.807) is 18.2 Å². The molecule has 2 N–H and O–H groups in total. The first-order valence-electron chi connectivity index (χ1n) is 6.80. The molecule has 0 bridgehead atoms. The lowest BCUT2D eigenvalue weighted by Gasteiger charge is -2.08. The standard InChI is InChI=1S/C15H21FN2O2/c1-11(2)7-9-17-14(19)15(20)18-10-8-12-5-3-4-6-13(12)16/h3-6,11H,7-10H2,1-2H3,(H,17,19)(H,18,20). The fourth-order valence-corrected chi connectivity index (χ4v) is 1.65. The Morgan fingerprint density at radius 1 is 1.10 bits per heavy atom. The van der Waals surface area contributed by atoms with E-state index in [9.17, 15) is 14.0 Å². The van der Waals surface area contributed by atoms with E-state index in [1.807, 2.05) is 13.8 Å². The Morgan fingerprint density at radius 2 is 1.70 bits per heavy atom. The zero-order valence-corrected chi connectivity index (χ0v) is 11.9. The van der Waals surface area contributed by atoms with Crippen LogP contribution in [0.4, 0.5) is 4.39 Å². The van der Waals surface area contributed by atoms with Crippen LogP contribution in [0.1, 0.15) is 25.8 Å². The number of nitrogens with one attached hydrogen (secondary N) is 2. The summed E-state index contributed by atoms with van der Waals surface area (Å²) in [5.74, 6) is -1.15. The highest BCUT2D eigenvalue weighted by atomic mass is 19.1. The van der Waals surface area contributed by atoms with Crippen LogP contribution in [-0.2, 0) is 16.0 Å². The van der Waals surface area contributed by atoms with Gasteiger partial charge in [-0.2, -0.15) is 0 Å². The van der Waals surface area contributed by atoms with E-state index in [4.69, 9.17) is 0 Å². The predicted molar refractivity (Wildman–Crippen MR) is 75.6 cm³/mol. The monoisotopic (exact) mass is 280 g/mol. The molecule has 0 aromatic heterocycles. The minimum Gasteiger partial charge on any atom is -0.348 e. The molecule has 0 unspecified atom stereocenters. The van der Waals surface area contributed by atoms with Gasteiger partial charge in [-0.05, 0) is 30.4 Å². The van der Waals surface area contributed by atoms with Crippen LogP contribution in [0.2, 0.25) is 0 Å². The lowest BCUT2D eigenvalue weighted by Crippen LogP contribution is -2.41.